The molecular formula is C17H30N2O. The molecule has 0 aliphatic carbocycles. The van der Waals surface area contributed by atoms with E-state index in [0.717, 1.165) is 18.7 Å². The van der Waals surface area contributed by atoms with Gasteiger partial charge in [0.1, 0.15) is 5.75 Å². The van der Waals surface area contributed by atoms with Crippen LogP contribution in [0.3, 0.4) is 0 Å². The predicted molar refractivity (Wildman–Crippen MR) is 86.1 cm³/mol. The molecule has 0 heterocycles. The van der Waals surface area contributed by atoms with E-state index >= 15 is 0 Å². The molecule has 3 unspecified atom stereocenters. The number of rotatable bonds is 8. The predicted octanol–water partition coefficient (Wildman–Crippen LogP) is 3.45. The minimum Gasteiger partial charge on any atom is -0.497 e. The number of nitrogens with zero attached hydrogens (tertiary/aromatic N) is 1. The second-order valence-electron chi connectivity index (χ2n) is 5.74. The van der Waals surface area contributed by atoms with E-state index in [0.29, 0.717) is 5.92 Å². The lowest BCUT2D eigenvalue weighted by Gasteiger charge is -2.34. The number of hydrogen-bond acceptors (Lipinski definition) is 3. The smallest absolute Gasteiger partial charge is 0.118 e. The van der Waals surface area contributed by atoms with Crippen LogP contribution in [0.2, 0.25) is 0 Å². The number of hydrogen-bond donors (Lipinski definition) is 1. The summed E-state index contributed by atoms with van der Waals surface area (Å²) in [6.07, 6.45) is 2.17. The zero-order valence-electron chi connectivity index (χ0n) is 13.6. The van der Waals surface area contributed by atoms with Crippen molar-refractivity contribution in [2.75, 3.05) is 20.7 Å². The Kier molecular flexibility index (Phi) is 7.03. The van der Waals surface area contributed by atoms with Crippen molar-refractivity contribution in [2.45, 2.75) is 45.7 Å². The van der Waals surface area contributed by atoms with E-state index < -0.39 is 0 Å². The highest BCUT2D eigenvalue weighted by Gasteiger charge is 2.23. The highest BCUT2D eigenvalue weighted by atomic mass is 16.5. The third kappa shape index (κ3) is 4.50. The van der Waals surface area contributed by atoms with E-state index in [1.165, 1.54) is 12.0 Å². The molecule has 2 N–H and O–H groups in total. The molecule has 114 valence electrons. The molecule has 0 aliphatic rings. The molecule has 3 atom stereocenters. The van der Waals surface area contributed by atoms with Gasteiger partial charge in [-0.15, -0.1) is 0 Å². The summed E-state index contributed by atoms with van der Waals surface area (Å²) in [5.41, 5.74) is 7.63. The van der Waals surface area contributed by atoms with E-state index in [-0.39, 0.29) is 12.1 Å². The van der Waals surface area contributed by atoms with Gasteiger partial charge in [-0.1, -0.05) is 39.3 Å². The molecule has 1 rings (SSSR count). The molecule has 1 aromatic carbocycles. The first kappa shape index (κ1) is 17.0. The Labute approximate surface area is 124 Å². The Morgan fingerprint density at radius 3 is 2.20 bits per heavy atom. The molecule has 0 amide bonds. The molecule has 0 aromatic heterocycles. The van der Waals surface area contributed by atoms with Crippen LogP contribution in [-0.2, 0) is 0 Å². The zero-order valence-corrected chi connectivity index (χ0v) is 13.6. The first-order valence-electron chi connectivity index (χ1n) is 7.63. The highest BCUT2D eigenvalue weighted by molar-refractivity contribution is 5.30. The Hall–Kier alpha value is -1.06. The summed E-state index contributed by atoms with van der Waals surface area (Å²) in [5.74, 6) is 1.58. The van der Waals surface area contributed by atoms with Crippen LogP contribution in [0.1, 0.15) is 45.2 Å². The van der Waals surface area contributed by atoms with Crippen molar-refractivity contribution in [3.8, 4) is 5.75 Å². The lowest BCUT2D eigenvalue weighted by molar-refractivity contribution is 0.182. The fraction of sp³-hybridized carbons (Fsp3) is 0.647. The third-order valence-corrected chi connectivity index (χ3v) is 4.11. The number of methoxy groups -OCH3 is 1. The summed E-state index contributed by atoms with van der Waals surface area (Å²) >= 11 is 0. The van der Waals surface area contributed by atoms with Gasteiger partial charge in [0.2, 0.25) is 0 Å². The number of benzene rings is 1. The average Bonchev–Trinajstić information content (AvgIpc) is 2.47. The van der Waals surface area contributed by atoms with Gasteiger partial charge in [-0.05, 0) is 37.1 Å². The van der Waals surface area contributed by atoms with E-state index in [1.807, 2.05) is 12.1 Å². The van der Waals surface area contributed by atoms with Gasteiger partial charge in [-0.3, -0.25) is 4.90 Å². The fourth-order valence-corrected chi connectivity index (χ4v) is 2.59. The highest BCUT2D eigenvalue weighted by Crippen LogP contribution is 2.26. The molecule has 0 spiro atoms. The van der Waals surface area contributed by atoms with E-state index in [2.05, 4.69) is 44.9 Å². The minimum atomic E-state index is 0.150. The van der Waals surface area contributed by atoms with Crippen LogP contribution >= 0.6 is 0 Å². The molecule has 0 saturated carbocycles. The zero-order chi connectivity index (χ0) is 15.1. The minimum absolute atomic E-state index is 0.150. The van der Waals surface area contributed by atoms with E-state index in [1.54, 1.807) is 7.11 Å². The molecule has 3 nitrogen and oxygen atoms in total. The maximum absolute atomic E-state index is 6.36. The van der Waals surface area contributed by atoms with Gasteiger partial charge in [-0.25, -0.2) is 0 Å². The molecule has 3 heteroatoms. The molecule has 0 aliphatic heterocycles. The van der Waals surface area contributed by atoms with Crippen molar-refractivity contribution in [3.63, 3.8) is 0 Å². The van der Waals surface area contributed by atoms with Crippen molar-refractivity contribution in [2.24, 2.45) is 11.7 Å². The largest absolute Gasteiger partial charge is 0.497 e. The Bertz CT molecular complexity index is 377. The van der Waals surface area contributed by atoms with Gasteiger partial charge in [0.25, 0.3) is 0 Å². The summed E-state index contributed by atoms with van der Waals surface area (Å²) in [5, 5.41) is 0. The summed E-state index contributed by atoms with van der Waals surface area (Å²) in [7, 11) is 3.87. The quantitative estimate of drug-likeness (QED) is 0.791. The van der Waals surface area contributed by atoms with Crippen LogP contribution in [-0.4, -0.2) is 31.6 Å². The van der Waals surface area contributed by atoms with Crippen LogP contribution in [0.25, 0.3) is 0 Å². The van der Waals surface area contributed by atoms with E-state index in [4.69, 9.17) is 10.5 Å². The third-order valence-electron chi connectivity index (χ3n) is 4.11. The second kappa shape index (κ2) is 8.28. The average molecular weight is 278 g/mol. The van der Waals surface area contributed by atoms with Crippen molar-refractivity contribution in [1.82, 2.24) is 4.90 Å². The molecule has 0 radical (unpaired) electrons. The van der Waals surface area contributed by atoms with Gasteiger partial charge >= 0.3 is 0 Å². The molecule has 20 heavy (non-hydrogen) atoms. The summed E-state index contributed by atoms with van der Waals surface area (Å²) in [6, 6.07) is 8.71. The Morgan fingerprint density at radius 2 is 1.75 bits per heavy atom. The standard InChI is InChI=1S/C17H30N2O/c1-6-13(3)12-19(4)17(16(18)7-2)14-8-10-15(20-5)11-9-14/h8-11,13,16-17H,6-7,12,18H2,1-5H3. The summed E-state index contributed by atoms with van der Waals surface area (Å²) in [4.78, 5) is 2.39. The molecule has 0 saturated heterocycles. The van der Waals surface area contributed by atoms with Gasteiger partial charge in [0, 0.05) is 18.6 Å². The lowest BCUT2D eigenvalue weighted by Crippen LogP contribution is -2.40. The first-order chi connectivity index (χ1) is 9.53. The van der Waals surface area contributed by atoms with Crippen LogP contribution in [0.5, 0.6) is 5.75 Å². The molecule has 0 fully saturated rings. The monoisotopic (exact) mass is 278 g/mol. The van der Waals surface area contributed by atoms with Crippen molar-refractivity contribution in [3.05, 3.63) is 29.8 Å². The first-order valence-corrected chi connectivity index (χ1v) is 7.63. The Morgan fingerprint density at radius 1 is 1.15 bits per heavy atom. The number of nitrogens with two attached hydrogens (primary N) is 1. The Balaban J connectivity index is 2.92. The topological polar surface area (TPSA) is 38.5 Å². The summed E-state index contributed by atoms with van der Waals surface area (Å²) < 4.78 is 5.23. The van der Waals surface area contributed by atoms with Gasteiger partial charge in [-0.2, -0.15) is 0 Å². The number of likely N-dealkylation sites (N-methyl/N-ethyl adjacent to an activating group) is 1. The van der Waals surface area contributed by atoms with Crippen LogP contribution < -0.4 is 10.5 Å². The van der Waals surface area contributed by atoms with Gasteiger partial charge in [0.05, 0.1) is 7.11 Å². The van der Waals surface area contributed by atoms with Crippen molar-refractivity contribution < 1.29 is 4.74 Å². The van der Waals surface area contributed by atoms with Crippen molar-refractivity contribution in [1.29, 1.82) is 0 Å². The molecule has 1 aromatic rings. The number of ether oxygens (including phenoxy) is 1. The SMILES string of the molecule is CCC(C)CN(C)C(c1ccc(OC)cc1)C(N)CC. The second-order valence-corrected chi connectivity index (χ2v) is 5.74. The van der Waals surface area contributed by atoms with Gasteiger partial charge in [0.15, 0.2) is 0 Å². The van der Waals surface area contributed by atoms with Crippen molar-refractivity contribution >= 4 is 0 Å². The maximum atomic E-state index is 6.36. The van der Waals surface area contributed by atoms with Crippen LogP contribution in [0.4, 0.5) is 0 Å². The maximum Gasteiger partial charge on any atom is 0.118 e. The molecule has 0 bridgehead atoms. The lowest BCUT2D eigenvalue weighted by atomic mass is 9.95. The molecular weight excluding hydrogens is 248 g/mol. The fourth-order valence-electron chi connectivity index (χ4n) is 2.59. The van der Waals surface area contributed by atoms with Crippen LogP contribution in [0.15, 0.2) is 24.3 Å². The van der Waals surface area contributed by atoms with Gasteiger partial charge < -0.3 is 10.5 Å². The normalized spacial score (nSPS) is 15.9. The van der Waals surface area contributed by atoms with E-state index in [9.17, 15) is 0 Å². The van der Waals surface area contributed by atoms with Crippen LogP contribution in [0, 0.1) is 5.92 Å². The summed E-state index contributed by atoms with van der Waals surface area (Å²) in [6.45, 7) is 7.75.